The van der Waals surface area contributed by atoms with Crippen LogP contribution in [0.5, 0.6) is 0 Å². The molecule has 1 aliphatic rings. The third-order valence-corrected chi connectivity index (χ3v) is 5.56. The Morgan fingerprint density at radius 1 is 1.37 bits per heavy atom. The van der Waals surface area contributed by atoms with E-state index in [-0.39, 0.29) is 0 Å². The molecule has 0 saturated heterocycles. The van der Waals surface area contributed by atoms with E-state index < -0.39 is 0 Å². The van der Waals surface area contributed by atoms with Crippen LogP contribution in [0.15, 0.2) is 23.1 Å². The molecule has 3 heteroatoms. The number of hydrogen-bond acceptors (Lipinski definition) is 2. The van der Waals surface area contributed by atoms with Gasteiger partial charge < -0.3 is 5.32 Å². The van der Waals surface area contributed by atoms with Gasteiger partial charge in [0.15, 0.2) is 0 Å². The fourth-order valence-electron chi connectivity index (χ4n) is 2.74. The molecule has 2 unspecified atom stereocenters. The summed E-state index contributed by atoms with van der Waals surface area (Å²) in [5.41, 5.74) is 1.27. The second kappa shape index (κ2) is 7.56. The molecule has 2 rings (SSSR count). The van der Waals surface area contributed by atoms with Gasteiger partial charge in [-0.1, -0.05) is 44.4 Å². The van der Waals surface area contributed by atoms with E-state index in [1.165, 1.54) is 36.1 Å². The summed E-state index contributed by atoms with van der Waals surface area (Å²) in [6, 6.07) is 6.30. The van der Waals surface area contributed by atoms with Crippen LogP contribution in [0.4, 0.5) is 0 Å². The second-order valence-corrected chi connectivity index (χ2v) is 7.26. The Bertz CT molecular complexity index is 408. The highest BCUT2D eigenvalue weighted by molar-refractivity contribution is 8.00. The van der Waals surface area contributed by atoms with Gasteiger partial charge in [-0.15, -0.1) is 11.8 Å². The topological polar surface area (TPSA) is 12.0 Å². The maximum absolute atomic E-state index is 6.36. The zero-order chi connectivity index (χ0) is 13.7. The van der Waals surface area contributed by atoms with E-state index in [0.29, 0.717) is 0 Å². The predicted octanol–water partition coefficient (Wildman–Crippen LogP) is 5.12. The largest absolute Gasteiger partial charge is 0.313 e. The Balaban J connectivity index is 2.08. The Morgan fingerprint density at radius 3 is 2.95 bits per heavy atom. The van der Waals surface area contributed by atoms with Crippen LogP contribution in [0.25, 0.3) is 0 Å². The monoisotopic (exact) mass is 297 g/mol. The highest BCUT2D eigenvalue weighted by Crippen LogP contribution is 2.38. The van der Waals surface area contributed by atoms with E-state index >= 15 is 0 Å². The molecule has 2 atom stereocenters. The molecule has 0 aliphatic heterocycles. The smallest absolute Gasteiger partial charge is 0.0462 e. The third kappa shape index (κ3) is 4.40. The molecular weight excluding hydrogens is 274 g/mol. The maximum Gasteiger partial charge on any atom is 0.0462 e. The molecule has 1 aromatic rings. The van der Waals surface area contributed by atoms with Crippen LogP contribution >= 0.6 is 23.4 Å². The molecule has 1 fully saturated rings. The van der Waals surface area contributed by atoms with Crippen LogP contribution in [-0.2, 0) is 6.54 Å². The normalized spacial score (nSPS) is 23.5. The molecule has 0 amide bonds. The van der Waals surface area contributed by atoms with Crippen molar-refractivity contribution in [3.63, 3.8) is 0 Å². The Kier molecular flexibility index (Phi) is 6.06. The van der Waals surface area contributed by atoms with Crippen molar-refractivity contribution in [2.45, 2.75) is 56.2 Å². The minimum Gasteiger partial charge on any atom is -0.313 e. The van der Waals surface area contributed by atoms with Crippen molar-refractivity contribution in [2.75, 3.05) is 6.54 Å². The summed E-state index contributed by atoms with van der Waals surface area (Å²) in [5.74, 6) is 0.877. The number of rotatable bonds is 5. The van der Waals surface area contributed by atoms with E-state index in [1.807, 2.05) is 17.8 Å². The molecule has 0 spiro atoms. The summed E-state index contributed by atoms with van der Waals surface area (Å²) in [6.07, 6.45) is 5.47. The molecule has 0 aromatic heterocycles. The molecule has 1 aromatic carbocycles. The van der Waals surface area contributed by atoms with Crippen LogP contribution in [0, 0.1) is 5.92 Å². The van der Waals surface area contributed by atoms with Gasteiger partial charge in [0.25, 0.3) is 0 Å². The van der Waals surface area contributed by atoms with Gasteiger partial charge >= 0.3 is 0 Å². The zero-order valence-electron chi connectivity index (χ0n) is 11.9. The molecule has 19 heavy (non-hydrogen) atoms. The quantitative estimate of drug-likeness (QED) is 0.809. The van der Waals surface area contributed by atoms with E-state index in [4.69, 9.17) is 11.6 Å². The predicted molar refractivity (Wildman–Crippen MR) is 86.1 cm³/mol. The summed E-state index contributed by atoms with van der Waals surface area (Å²) in [7, 11) is 0. The first-order valence-corrected chi connectivity index (χ1v) is 8.61. The van der Waals surface area contributed by atoms with Crippen LogP contribution in [0.2, 0.25) is 5.02 Å². The summed E-state index contributed by atoms with van der Waals surface area (Å²) in [6.45, 7) is 6.37. The number of thioether (sulfide) groups is 1. The van der Waals surface area contributed by atoms with Crippen molar-refractivity contribution in [3.8, 4) is 0 Å². The lowest BCUT2D eigenvalue weighted by atomic mass is 9.91. The molecule has 106 valence electrons. The summed E-state index contributed by atoms with van der Waals surface area (Å²) in [5, 5.41) is 5.06. The van der Waals surface area contributed by atoms with Crippen molar-refractivity contribution >= 4 is 23.4 Å². The van der Waals surface area contributed by atoms with Gasteiger partial charge in [-0.3, -0.25) is 0 Å². The SMILES string of the molecule is CCNCc1c(Cl)cccc1SC1CCCC(C)C1. The Morgan fingerprint density at radius 2 is 2.21 bits per heavy atom. The summed E-state index contributed by atoms with van der Waals surface area (Å²) < 4.78 is 0. The highest BCUT2D eigenvalue weighted by Gasteiger charge is 2.21. The second-order valence-electron chi connectivity index (χ2n) is 5.51. The fourth-order valence-corrected chi connectivity index (χ4v) is 4.58. The average molecular weight is 298 g/mol. The molecule has 1 nitrogen and oxygen atoms in total. The Labute approximate surface area is 126 Å². The van der Waals surface area contributed by atoms with Gasteiger partial charge in [-0.25, -0.2) is 0 Å². The molecule has 0 bridgehead atoms. The highest BCUT2D eigenvalue weighted by atomic mass is 35.5. The molecule has 1 saturated carbocycles. The van der Waals surface area contributed by atoms with Gasteiger partial charge in [0, 0.05) is 21.7 Å². The number of halogens is 1. The van der Waals surface area contributed by atoms with E-state index in [9.17, 15) is 0 Å². The number of benzene rings is 1. The summed E-state index contributed by atoms with van der Waals surface area (Å²) in [4.78, 5) is 1.37. The Hall–Kier alpha value is -0.180. The van der Waals surface area contributed by atoms with Gasteiger partial charge in [-0.05, 0) is 43.0 Å². The minimum absolute atomic E-state index is 0.766. The molecule has 0 radical (unpaired) electrons. The van der Waals surface area contributed by atoms with Crippen molar-refractivity contribution in [1.29, 1.82) is 0 Å². The maximum atomic E-state index is 6.36. The summed E-state index contributed by atoms with van der Waals surface area (Å²) >= 11 is 8.39. The molecule has 1 aliphatic carbocycles. The van der Waals surface area contributed by atoms with Gasteiger partial charge in [0.05, 0.1) is 0 Å². The zero-order valence-corrected chi connectivity index (χ0v) is 13.5. The minimum atomic E-state index is 0.766. The lowest BCUT2D eigenvalue weighted by molar-refractivity contribution is 0.394. The fraction of sp³-hybridized carbons (Fsp3) is 0.625. The van der Waals surface area contributed by atoms with Gasteiger partial charge in [-0.2, -0.15) is 0 Å². The molecule has 1 N–H and O–H groups in total. The van der Waals surface area contributed by atoms with Crippen LogP contribution in [0.3, 0.4) is 0 Å². The first kappa shape index (κ1) is 15.2. The first-order valence-electron chi connectivity index (χ1n) is 7.35. The third-order valence-electron chi connectivity index (χ3n) is 3.81. The number of hydrogen-bond donors (Lipinski definition) is 1. The molecule has 0 heterocycles. The van der Waals surface area contributed by atoms with E-state index in [1.54, 1.807) is 0 Å². The van der Waals surface area contributed by atoms with Gasteiger partial charge in [0.2, 0.25) is 0 Å². The van der Waals surface area contributed by atoms with Gasteiger partial charge in [0.1, 0.15) is 0 Å². The average Bonchev–Trinajstić information content (AvgIpc) is 2.38. The van der Waals surface area contributed by atoms with E-state index in [0.717, 1.165) is 29.3 Å². The first-order chi connectivity index (χ1) is 9.20. The number of nitrogens with one attached hydrogen (secondary N) is 1. The van der Waals surface area contributed by atoms with Crippen LogP contribution < -0.4 is 5.32 Å². The molecular formula is C16H24ClNS. The van der Waals surface area contributed by atoms with Crippen molar-refractivity contribution in [3.05, 3.63) is 28.8 Å². The van der Waals surface area contributed by atoms with Crippen molar-refractivity contribution in [1.82, 2.24) is 5.32 Å². The van der Waals surface area contributed by atoms with Crippen molar-refractivity contribution < 1.29 is 0 Å². The van der Waals surface area contributed by atoms with E-state index in [2.05, 4.69) is 31.3 Å². The lowest BCUT2D eigenvalue weighted by Gasteiger charge is -2.27. The lowest BCUT2D eigenvalue weighted by Crippen LogP contribution is -2.16. The van der Waals surface area contributed by atoms with Crippen LogP contribution in [-0.4, -0.2) is 11.8 Å². The van der Waals surface area contributed by atoms with Crippen LogP contribution in [0.1, 0.15) is 45.1 Å². The standard InChI is InChI=1S/C16H24ClNS/c1-3-18-11-14-15(17)8-5-9-16(14)19-13-7-4-6-12(2)10-13/h5,8-9,12-13,18H,3-4,6-7,10-11H2,1-2H3. The van der Waals surface area contributed by atoms with Crippen molar-refractivity contribution in [2.24, 2.45) is 5.92 Å².